The highest BCUT2D eigenvalue weighted by molar-refractivity contribution is 6.31. The summed E-state index contributed by atoms with van der Waals surface area (Å²) in [4.78, 5) is 28.1. The number of hydrogen-bond donors (Lipinski definition) is 1. The Labute approximate surface area is 135 Å². The van der Waals surface area contributed by atoms with Crippen LogP contribution >= 0.6 is 11.6 Å². The van der Waals surface area contributed by atoms with E-state index in [1.54, 1.807) is 24.3 Å². The number of benzene rings is 2. The van der Waals surface area contributed by atoms with Crippen LogP contribution in [0.1, 0.15) is 0 Å². The maximum absolute atomic E-state index is 13.1. The maximum Gasteiger partial charge on any atom is 0.269 e. The molecule has 0 unspecified atom stereocenters. The molecule has 3 rings (SSSR count). The van der Waals surface area contributed by atoms with E-state index in [-0.39, 0.29) is 17.1 Å². The summed E-state index contributed by atoms with van der Waals surface area (Å²) in [5, 5.41) is 2.49. The summed E-state index contributed by atoms with van der Waals surface area (Å²) in [7, 11) is 0. The number of nitrogens with one attached hydrogen (secondary N) is 1. The van der Waals surface area contributed by atoms with Gasteiger partial charge in [0.2, 0.25) is 5.91 Å². The first-order valence-electron chi connectivity index (χ1n) is 6.74. The van der Waals surface area contributed by atoms with Crippen LogP contribution in [0, 0.1) is 5.82 Å². The van der Waals surface area contributed by atoms with Crippen molar-refractivity contribution in [2.75, 3.05) is 5.32 Å². The van der Waals surface area contributed by atoms with Gasteiger partial charge in [0.05, 0.1) is 22.3 Å². The van der Waals surface area contributed by atoms with Crippen LogP contribution < -0.4 is 10.9 Å². The molecule has 0 radical (unpaired) electrons. The summed E-state index contributed by atoms with van der Waals surface area (Å²) in [6.45, 7) is -0.184. The standard InChI is InChI=1S/C16H11ClFN3O2/c17-11-7-10(5-6-12(11)18)20-15(22)9-21-14-4-2-1-3-13(14)19-8-16(21)23/h1-8H,9H2,(H,20,22). The third-order valence-corrected chi connectivity index (χ3v) is 3.55. The van der Waals surface area contributed by atoms with Gasteiger partial charge in [0, 0.05) is 5.69 Å². The normalized spacial score (nSPS) is 10.7. The molecular weight excluding hydrogens is 321 g/mol. The van der Waals surface area contributed by atoms with E-state index in [0.717, 1.165) is 6.07 Å². The lowest BCUT2D eigenvalue weighted by molar-refractivity contribution is -0.116. The third-order valence-electron chi connectivity index (χ3n) is 3.26. The van der Waals surface area contributed by atoms with Crippen LogP contribution in [0.25, 0.3) is 11.0 Å². The van der Waals surface area contributed by atoms with Gasteiger partial charge >= 0.3 is 0 Å². The highest BCUT2D eigenvalue weighted by Gasteiger charge is 2.10. The quantitative estimate of drug-likeness (QED) is 0.802. The van der Waals surface area contributed by atoms with Gasteiger partial charge in [-0.3, -0.25) is 14.2 Å². The monoisotopic (exact) mass is 331 g/mol. The van der Waals surface area contributed by atoms with Gasteiger partial charge in [-0.15, -0.1) is 0 Å². The van der Waals surface area contributed by atoms with Crippen molar-refractivity contribution >= 4 is 34.2 Å². The lowest BCUT2D eigenvalue weighted by atomic mass is 10.3. The molecule has 0 atom stereocenters. The number of anilines is 1. The first-order valence-corrected chi connectivity index (χ1v) is 7.12. The summed E-state index contributed by atoms with van der Waals surface area (Å²) in [5.74, 6) is -0.993. The lowest BCUT2D eigenvalue weighted by Crippen LogP contribution is -2.28. The zero-order chi connectivity index (χ0) is 16.4. The van der Waals surface area contributed by atoms with E-state index in [9.17, 15) is 14.0 Å². The number of halogens is 2. The van der Waals surface area contributed by atoms with Gasteiger partial charge in [-0.1, -0.05) is 23.7 Å². The molecule has 2 aromatic carbocycles. The van der Waals surface area contributed by atoms with Crippen molar-refractivity contribution in [3.8, 4) is 0 Å². The molecule has 23 heavy (non-hydrogen) atoms. The number of amides is 1. The number of para-hydroxylation sites is 2. The molecule has 0 saturated carbocycles. The zero-order valence-electron chi connectivity index (χ0n) is 11.8. The molecule has 1 amide bonds. The number of aromatic nitrogens is 2. The molecule has 0 aliphatic rings. The van der Waals surface area contributed by atoms with Crippen LogP contribution in [0.5, 0.6) is 0 Å². The Balaban J connectivity index is 1.87. The largest absolute Gasteiger partial charge is 0.324 e. The van der Waals surface area contributed by atoms with E-state index >= 15 is 0 Å². The van der Waals surface area contributed by atoms with Crippen LogP contribution in [0.2, 0.25) is 5.02 Å². The van der Waals surface area contributed by atoms with Gasteiger partial charge < -0.3 is 5.32 Å². The fourth-order valence-corrected chi connectivity index (χ4v) is 2.38. The molecule has 1 N–H and O–H groups in total. The molecule has 116 valence electrons. The number of carbonyl (C=O) groups is 1. The lowest BCUT2D eigenvalue weighted by Gasteiger charge is -2.10. The summed E-state index contributed by atoms with van der Waals surface area (Å²) in [6.07, 6.45) is 1.17. The van der Waals surface area contributed by atoms with Gasteiger partial charge in [0.1, 0.15) is 12.4 Å². The Hall–Kier alpha value is -2.73. The van der Waals surface area contributed by atoms with E-state index in [2.05, 4.69) is 10.3 Å². The van der Waals surface area contributed by atoms with E-state index < -0.39 is 11.7 Å². The number of rotatable bonds is 3. The van der Waals surface area contributed by atoms with E-state index in [0.29, 0.717) is 16.7 Å². The van der Waals surface area contributed by atoms with Gasteiger partial charge in [0.15, 0.2) is 0 Å². The highest BCUT2D eigenvalue weighted by Crippen LogP contribution is 2.19. The van der Waals surface area contributed by atoms with Crippen LogP contribution in [0.4, 0.5) is 10.1 Å². The minimum absolute atomic E-state index is 0.0886. The van der Waals surface area contributed by atoms with Crippen molar-refractivity contribution in [1.29, 1.82) is 0 Å². The fourth-order valence-electron chi connectivity index (χ4n) is 2.20. The van der Waals surface area contributed by atoms with E-state index in [4.69, 9.17) is 11.6 Å². The van der Waals surface area contributed by atoms with Gasteiger partial charge in [-0.25, -0.2) is 9.37 Å². The molecule has 0 aliphatic heterocycles. The van der Waals surface area contributed by atoms with Crippen molar-refractivity contribution in [2.45, 2.75) is 6.54 Å². The van der Waals surface area contributed by atoms with Gasteiger partial charge in [-0.05, 0) is 30.3 Å². The Bertz CT molecular complexity index is 955. The molecule has 0 saturated heterocycles. The van der Waals surface area contributed by atoms with E-state index in [1.165, 1.54) is 22.9 Å². The number of nitrogens with zero attached hydrogens (tertiary/aromatic N) is 2. The predicted molar refractivity (Wildman–Crippen MR) is 86.0 cm³/mol. The van der Waals surface area contributed by atoms with Crippen molar-refractivity contribution in [2.24, 2.45) is 0 Å². The summed E-state index contributed by atoms with van der Waals surface area (Å²) < 4.78 is 14.4. The second-order valence-corrected chi connectivity index (χ2v) is 5.26. The summed E-state index contributed by atoms with van der Waals surface area (Å²) >= 11 is 5.67. The molecule has 5 nitrogen and oxygen atoms in total. The van der Waals surface area contributed by atoms with Gasteiger partial charge in [0.25, 0.3) is 5.56 Å². The fraction of sp³-hybridized carbons (Fsp3) is 0.0625. The molecular formula is C16H11ClFN3O2. The van der Waals surface area contributed by atoms with Crippen molar-refractivity contribution in [1.82, 2.24) is 9.55 Å². The molecule has 1 heterocycles. The van der Waals surface area contributed by atoms with Crippen molar-refractivity contribution < 1.29 is 9.18 Å². The first-order chi connectivity index (χ1) is 11.0. The summed E-state index contributed by atoms with van der Waals surface area (Å²) in [5.41, 5.74) is 1.15. The number of fused-ring (bicyclic) bond motifs is 1. The maximum atomic E-state index is 13.1. The Morgan fingerprint density at radius 1 is 1.26 bits per heavy atom. The zero-order valence-corrected chi connectivity index (χ0v) is 12.5. The van der Waals surface area contributed by atoms with E-state index in [1.807, 2.05) is 0 Å². The Morgan fingerprint density at radius 2 is 2.04 bits per heavy atom. The Kier molecular flexibility index (Phi) is 4.08. The minimum Gasteiger partial charge on any atom is -0.324 e. The topological polar surface area (TPSA) is 64.0 Å². The second kappa shape index (κ2) is 6.18. The number of carbonyl (C=O) groups excluding carboxylic acids is 1. The van der Waals surface area contributed by atoms with Crippen molar-refractivity contribution in [3.63, 3.8) is 0 Å². The summed E-state index contributed by atoms with van der Waals surface area (Å²) in [6, 6.07) is 10.9. The molecule has 0 spiro atoms. The van der Waals surface area contributed by atoms with Crippen molar-refractivity contribution in [3.05, 3.63) is 69.9 Å². The molecule has 0 bridgehead atoms. The number of hydrogen-bond acceptors (Lipinski definition) is 3. The highest BCUT2D eigenvalue weighted by atomic mass is 35.5. The predicted octanol–water partition coefficient (Wildman–Crippen LogP) is 2.83. The van der Waals surface area contributed by atoms with Crippen LogP contribution in [-0.4, -0.2) is 15.5 Å². The van der Waals surface area contributed by atoms with Crippen LogP contribution in [0.15, 0.2) is 53.5 Å². The average Bonchev–Trinajstić information content (AvgIpc) is 2.54. The third kappa shape index (κ3) is 3.22. The molecule has 1 aromatic heterocycles. The molecule has 0 aliphatic carbocycles. The first kappa shape index (κ1) is 15.2. The molecule has 7 heteroatoms. The van der Waals surface area contributed by atoms with Gasteiger partial charge in [-0.2, -0.15) is 0 Å². The second-order valence-electron chi connectivity index (χ2n) is 4.85. The Morgan fingerprint density at radius 3 is 2.83 bits per heavy atom. The smallest absolute Gasteiger partial charge is 0.269 e. The van der Waals surface area contributed by atoms with Crippen LogP contribution in [0.3, 0.4) is 0 Å². The molecule has 0 fully saturated rings. The average molecular weight is 332 g/mol. The van der Waals surface area contributed by atoms with Crippen LogP contribution in [-0.2, 0) is 11.3 Å². The SMILES string of the molecule is O=C(Cn1c(=O)cnc2ccccc21)Nc1ccc(F)c(Cl)c1. The minimum atomic E-state index is -0.569. The molecule has 3 aromatic rings.